The number of benzene rings is 1. The lowest BCUT2D eigenvalue weighted by Gasteiger charge is -2.36. The van der Waals surface area contributed by atoms with Crippen LogP contribution in [-0.2, 0) is 24.6 Å². The second-order valence-electron chi connectivity index (χ2n) is 7.37. The molecule has 0 radical (unpaired) electrons. The molecule has 1 aromatic heterocycles. The number of halogens is 2. The highest BCUT2D eigenvalue weighted by molar-refractivity contribution is 7.93. The van der Waals surface area contributed by atoms with Gasteiger partial charge in [0, 0.05) is 18.8 Å². The van der Waals surface area contributed by atoms with Crippen molar-refractivity contribution >= 4 is 54.5 Å². The van der Waals surface area contributed by atoms with Crippen molar-refractivity contribution in [3.63, 3.8) is 0 Å². The number of hydrogen-bond acceptors (Lipinski definition) is 6. The summed E-state index contributed by atoms with van der Waals surface area (Å²) >= 11 is 12.7. The lowest BCUT2D eigenvalue weighted by molar-refractivity contribution is 0.0975. The number of rotatable bonds is 4. The van der Waals surface area contributed by atoms with Crippen LogP contribution in [0.15, 0.2) is 30.5 Å². The predicted octanol–water partition coefficient (Wildman–Crippen LogP) is 3.76. The summed E-state index contributed by atoms with van der Waals surface area (Å²) in [6.07, 6.45) is 1.41. The monoisotopic (exact) mass is 490 g/mol. The molecule has 1 unspecified atom stereocenters. The maximum atomic E-state index is 13.5. The molecule has 0 N–H and O–H groups in total. The highest BCUT2D eigenvalue weighted by atomic mass is 35.5. The zero-order chi connectivity index (χ0) is 22.6. The van der Waals surface area contributed by atoms with E-state index in [1.807, 2.05) is 0 Å². The Kier molecular flexibility index (Phi) is 5.73. The third kappa shape index (κ3) is 3.23. The van der Waals surface area contributed by atoms with Crippen LogP contribution in [0.25, 0.3) is 0 Å². The third-order valence-corrected chi connectivity index (χ3v) is 10.6. The molecule has 2 aromatic rings. The average Bonchev–Trinajstić information content (AvgIpc) is 2.68. The van der Waals surface area contributed by atoms with Crippen LogP contribution < -0.4 is 4.31 Å². The van der Waals surface area contributed by atoms with Crippen molar-refractivity contribution in [2.45, 2.75) is 30.8 Å². The number of hydrogen-bond donors (Lipinski definition) is 0. The molecule has 0 saturated heterocycles. The van der Waals surface area contributed by atoms with Gasteiger partial charge in [-0.05, 0) is 38.5 Å². The smallest absolute Gasteiger partial charge is 0.234 e. The minimum absolute atomic E-state index is 0.0155. The van der Waals surface area contributed by atoms with Gasteiger partial charge >= 0.3 is 0 Å². The van der Waals surface area contributed by atoms with Gasteiger partial charge < -0.3 is 0 Å². The fourth-order valence-corrected chi connectivity index (χ4v) is 7.23. The number of carbonyl (C=O) groups is 1. The van der Waals surface area contributed by atoms with Gasteiger partial charge in [-0.2, -0.15) is 0 Å². The Labute approximate surface area is 186 Å². The largest absolute Gasteiger partial charge is 0.291 e. The van der Waals surface area contributed by atoms with Gasteiger partial charge in [0.1, 0.15) is 5.69 Å². The highest BCUT2D eigenvalue weighted by Gasteiger charge is 2.53. The van der Waals surface area contributed by atoms with Crippen molar-refractivity contribution in [3.05, 3.63) is 57.3 Å². The van der Waals surface area contributed by atoms with E-state index in [-0.39, 0.29) is 32.7 Å². The number of pyridine rings is 1. The molecule has 0 saturated carbocycles. The molecule has 0 aliphatic carbocycles. The number of carbonyl (C=O) groups excluding carboxylic acids is 1. The quantitative estimate of drug-likeness (QED) is 0.646. The summed E-state index contributed by atoms with van der Waals surface area (Å²) < 4.78 is 51.2. The van der Waals surface area contributed by atoms with Crippen molar-refractivity contribution in [1.82, 2.24) is 4.98 Å². The van der Waals surface area contributed by atoms with Crippen LogP contribution in [0.1, 0.15) is 47.6 Å². The maximum absolute atomic E-state index is 13.5. The first-order chi connectivity index (χ1) is 13.8. The molecule has 1 aliphatic rings. The summed E-state index contributed by atoms with van der Waals surface area (Å²) in [5, 5.41) is -1.84. The van der Waals surface area contributed by atoms with Crippen LogP contribution in [0.4, 0.5) is 5.69 Å². The summed E-state index contributed by atoms with van der Waals surface area (Å²) in [7, 11) is -6.59. The molecule has 162 valence electrons. The first-order valence-corrected chi connectivity index (χ1v) is 12.9. The maximum Gasteiger partial charge on any atom is 0.234 e. The molecule has 0 fully saturated rings. The van der Waals surface area contributed by atoms with Crippen LogP contribution in [0, 0.1) is 0 Å². The van der Waals surface area contributed by atoms with Gasteiger partial charge in [0.05, 0.1) is 26.2 Å². The molecular formula is C19H20Cl2N2O5S2. The van der Waals surface area contributed by atoms with Crippen LogP contribution in [0.2, 0.25) is 10.0 Å². The van der Waals surface area contributed by atoms with E-state index in [0.29, 0.717) is 5.56 Å². The number of fused-ring (bicyclic) bond motifs is 1. The number of anilines is 1. The van der Waals surface area contributed by atoms with E-state index in [4.69, 9.17) is 23.2 Å². The number of nitrogens with zero attached hydrogens (tertiary/aromatic N) is 2. The minimum Gasteiger partial charge on any atom is -0.291 e. The van der Waals surface area contributed by atoms with E-state index < -0.39 is 35.6 Å². The van der Waals surface area contributed by atoms with Crippen molar-refractivity contribution in [1.29, 1.82) is 0 Å². The van der Waals surface area contributed by atoms with E-state index in [1.54, 1.807) is 12.1 Å². The Balaban J connectivity index is 2.32. The van der Waals surface area contributed by atoms with Gasteiger partial charge in [-0.15, -0.1) is 0 Å². The molecule has 1 aliphatic heterocycles. The molecule has 1 aromatic carbocycles. The molecule has 3 rings (SSSR count). The average molecular weight is 491 g/mol. The molecule has 0 spiro atoms. The van der Waals surface area contributed by atoms with E-state index in [0.717, 1.165) is 4.31 Å². The number of sulfonamides is 1. The molecule has 7 nitrogen and oxygen atoms in total. The second-order valence-corrected chi connectivity index (χ2v) is 13.0. The van der Waals surface area contributed by atoms with Crippen LogP contribution >= 0.6 is 23.2 Å². The fraction of sp³-hybridized carbons (Fsp3) is 0.368. The Morgan fingerprint density at radius 1 is 1.20 bits per heavy atom. The fourth-order valence-electron chi connectivity index (χ4n) is 3.49. The van der Waals surface area contributed by atoms with Gasteiger partial charge in [-0.1, -0.05) is 35.3 Å². The van der Waals surface area contributed by atoms with Crippen LogP contribution in [-0.4, -0.2) is 40.4 Å². The van der Waals surface area contributed by atoms with Crippen molar-refractivity contribution < 1.29 is 21.6 Å². The van der Waals surface area contributed by atoms with Gasteiger partial charge in [-0.3, -0.25) is 14.1 Å². The lowest BCUT2D eigenvalue weighted by Crippen LogP contribution is -2.43. The summed E-state index contributed by atoms with van der Waals surface area (Å²) in [5.74, 6) is -0.938. The number of aromatic nitrogens is 1. The zero-order valence-corrected chi connectivity index (χ0v) is 19.8. The van der Waals surface area contributed by atoms with E-state index in [9.17, 15) is 21.6 Å². The Morgan fingerprint density at radius 2 is 1.83 bits per heavy atom. The first kappa shape index (κ1) is 23.0. The van der Waals surface area contributed by atoms with Gasteiger partial charge in [0.15, 0.2) is 15.1 Å². The van der Waals surface area contributed by atoms with Gasteiger partial charge in [0.2, 0.25) is 15.8 Å². The predicted molar refractivity (Wildman–Crippen MR) is 118 cm³/mol. The molecule has 2 heterocycles. The van der Waals surface area contributed by atoms with E-state index >= 15 is 0 Å². The van der Waals surface area contributed by atoms with Crippen molar-refractivity contribution in [2.24, 2.45) is 0 Å². The van der Waals surface area contributed by atoms with Crippen molar-refractivity contribution in [3.8, 4) is 0 Å². The summed E-state index contributed by atoms with van der Waals surface area (Å²) in [6, 6.07) is 5.81. The van der Waals surface area contributed by atoms with E-state index in [1.165, 1.54) is 46.1 Å². The topological polar surface area (TPSA) is 101 Å². The summed E-state index contributed by atoms with van der Waals surface area (Å²) in [6.45, 7) is 4.46. The molecule has 11 heteroatoms. The first-order valence-electron chi connectivity index (χ1n) is 8.96. The Bertz CT molecular complexity index is 1260. The van der Waals surface area contributed by atoms with E-state index in [2.05, 4.69) is 4.98 Å². The lowest BCUT2D eigenvalue weighted by atomic mass is 9.94. The Hall–Kier alpha value is -1.68. The number of ketones is 1. The second kappa shape index (κ2) is 7.47. The van der Waals surface area contributed by atoms with Gasteiger partial charge in [-0.25, -0.2) is 16.8 Å². The standard InChI is InChI=1S/C19H20Cl2N2O5S2/c1-5-29(25,26)23(4)16-13(20)9-8-11(14(16)21)18-17(24)15-12(7-6-10-22-15)19(2,3)30(18,27)28/h6-10,18H,5H2,1-4H3. The zero-order valence-electron chi connectivity index (χ0n) is 16.7. The van der Waals surface area contributed by atoms with Crippen LogP contribution in [0.5, 0.6) is 0 Å². The third-order valence-electron chi connectivity index (χ3n) is 5.43. The Morgan fingerprint density at radius 3 is 2.43 bits per heavy atom. The molecule has 1 atom stereocenters. The van der Waals surface area contributed by atoms with Gasteiger partial charge in [0.25, 0.3) is 0 Å². The number of Topliss-reactive ketones (excluding diaryl/α,β-unsaturated/α-hetero) is 1. The number of sulfone groups is 1. The molecular weight excluding hydrogens is 471 g/mol. The molecule has 0 bridgehead atoms. The molecule has 30 heavy (non-hydrogen) atoms. The SMILES string of the molecule is CCS(=O)(=O)N(C)c1c(Cl)ccc(C2C(=O)c3ncccc3C(C)(C)S2(=O)=O)c1Cl. The normalized spacial score (nSPS) is 19.9. The minimum atomic E-state index is -4.12. The molecule has 0 amide bonds. The summed E-state index contributed by atoms with van der Waals surface area (Å²) in [5.41, 5.74) is 0.237. The van der Waals surface area contributed by atoms with Crippen molar-refractivity contribution in [2.75, 3.05) is 17.1 Å². The summed E-state index contributed by atoms with van der Waals surface area (Å²) in [4.78, 5) is 17.3. The highest BCUT2D eigenvalue weighted by Crippen LogP contribution is 2.49. The van der Waals surface area contributed by atoms with Crippen LogP contribution in [0.3, 0.4) is 0 Å².